The molecule has 0 fully saturated rings. The van der Waals surface area contributed by atoms with Crippen molar-refractivity contribution in [3.05, 3.63) is 59.7 Å². The number of aryl methyl sites for hydroxylation is 1. The molecule has 28 heavy (non-hydrogen) atoms. The Kier molecular flexibility index (Phi) is 7.56. The Morgan fingerprint density at radius 3 is 2.43 bits per heavy atom. The summed E-state index contributed by atoms with van der Waals surface area (Å²) in [4.78, 5) is 36.0. The fourth-order valence-corrected chi connectivity index (χ4v) is 2.38. The minimum atomic E-state index is -0.806. The van der Waals surface area contributed by atoms with Crippen LogP contribution >= 0.6 is 0 Å². The molecule has 0 spiro atoms. The number of hydrogen-bond acceptors (Lipinski definition) is 6. The van der Waals surface area contributed by atoms with Gasteiger partial charge in [0.2, 0.25) is 0 Å². The summed E-state index contributed by atoms with van der Waals surface area (Å²) in [5, 5.41) is 2.63. The monoisotopic (exact) mass is 385 g/mol. The molecular weight excluding hydrogens is 362 g/mol. The number of nitrogens with one attached hydrogen (secondary N) is 1. The molecule has 7 heteroatoms. The van der Waals surface area contributed by atoms with Gasteiger partial charge in [0.05, 0.1) is 12.7 Å². The number of carbonyl (C=O) groups excluding carboxylic acids is 3. The number of hydrogen-bond donors (Lipinski definition) is 1. The van der Waals surface area contributed by atoms with Gasteiger partial charge in [-0.15, -0.1) is 0 Å². The topological polar surface area (TPSA) is 90.9 Å². The summed E-state index contributed by atoms with van der Waals surface area (Å²) in [6.07, 6.45) is -0.407. The maximum absolute atomic E-state index is 12.2. The van der Waals surface area contributed by atoms with Gasteiger partial charge in [-0.3, -0.25) is 4.79 Å². The summed E-state index contributed by atoms with van der Waals surface area (Å²) in [5.74, 6) is -1.11. The van der Waals surface area contributed by atoms with Gasteiger partial charge in [-0.1, -0.05) is 31.2 Å². The normalized spacial score (nSPS) is 11.2. The first-order valence-corrected chi connectivity index (χ1v) is 8.81. The van der Waals surface area contributed by atoms with Crippen LogP contribution in [-0.2, 0) is 19.1 Å². The van der Waals surface area contributed by atoms with E-state index in [4.69, 9.17) is 9.47 Å². The molecule has 0 bridgehead atoms. The zero-order valence-corrected chi connectivity index (χ0v) is 16.1. The second-order valence-corrected chi connectivity index (χ2v) is 6.00. The number of ether oxygens (including phenoxy) is 3. The highest BCUT2D eigenvalue weighted by atomic mass is 16.6. The van der Waals surface area contributed by atoms with Crippen molar-refractivity contribution in [2.45, 2.75) is 26.4 Å². The molecule has 0 aliphatic carbocycles. The third-order valence-corrected chi connectivity index (χ3v) is 3.93. The van der Waals surface area contributed by atoms with Crippen LogP contribution in [0.25, 0.3) is 0 Å². The Balaban J connectivity index is 1.92. The van der Waals surface area contributed by atoms with Crippen LogP contribution in [0.3, 0.4) is 0 Å². The van der Waals surface area contributed by atoms with Gasteiger partial charge in [0, 0.05) is 5.69 Å². The van der Waals surface area contributed by atoms with Crippen LogP contribution in [0.5, 0.6) is 5.75 Å². The Labute approximate surface area is 163 Å². The number of methoxy groups -OCH3 is 1. The lowest BCUT2D eigenvalue weighted by Crippen LogP contribution is -2.31. The smallest absolute Gasteiger partial charge is 0.347 e. The van der Waals surface area contributed by atoms with Gasteiger partial charge in [-0.25, -0.2) is 9.59 Å². The zero-order chi connectivity index (χ0) is 20.5. The van der Waals surface area contributed by atoms with Crippen LogP contribution < -0.4 is 10.1 Å². The van der Waals surface area contributed by atoms with Gasteiger partial charge >= 0.3 is 11.9 Å². The first-order valence-electron chi connectivity index (χ1n) is 8.81. The highest BCUT2D eigenvalue weighted by Gasteiger charge is 2.21. The quantitative estimate of drug-likeness (QED) is 0.702. The predicted octanol–water partition coefficient (Wildman–Crippen LogP) is 3.12. The lowest BCUT2D eigenvalue weighted by atomic mass is 10.1. The van der Waals surface area contributed by atoms with Gasteiger partial charge in [0.1, 0.15) is 5.75 Å². The lowest BCUT2D eigenvalue weighted by Gasteiger charge is -2.16. The van der Waals surface area contributed by atoms with E-state index < -0.39 is 30.6 Å². The molecule has 0 unspecified atom stereocenters. The maximum atomic E-state index is 12.2. The Morgan fingerprint density at radius 1 is 1.07 bits per heavy atom. The number of amides is 1. The molecule has 2 aromatic carbocycles. The van der Waals surface area contributed by atoms with Crippen LogP contribution in [-0.4, -0.2) is 37.7 Å². The summed E-state index contributed by atoms with van der Waals surface area (Å²) in [5.41, 5.74) is 1.51. The van der Waals surface area contributed by atoms with E-state index in [0.717, 1.165) is 5.56 Å². The fourth-order valence-electron chi connectivity index (χ4n) is 2.38. The standard InChI is InChI=1S/C21H23NO6/c1-4-18(28-16-8-6-5-7-9-16)21(25)27-13-19(23)22-17-12-15(20(24)26-3)11-10-14(17)2/h5-12,18H,4,13H2,1-3H3,(H,22,23)/t18-/m0/s1. The van der Waals surface area contributed by atoms with E-state index in [1.807, 2.05) is 6.07 Å². The molecule has 7 nitrogen and oxygen atoms in total. The first-order chi connectivity index (χ1) is 13.4. The summed E-state index contributed by atoms with van der Waals surface area (Å²) >= 11 is 0. The number of carbonyl (C=O) groups is 3. The summed E-state index contributed by atoms with van der Waals surface area (Å²) in [6, 6.07) is 13.7. The van der Waals surface area contributed by atoms with Gasteiger partial charge < -0.3 is 19.5 Å². The van der Waals surface area contributed by atoms with Crippen molar-refractivity contribution in [2.24, 2.45) is 0 Å². The number of esters is 2. The van der Waals surface area contributed by atoms with Gasteiger partial charge in [-0.2, -0.15) is 0 Å². The molecule has 0 aliphatic rings. The van der Waals surface area contributed by atoms with Crippen molar-refractivity contribution in [3.8, 4) is 5.75 Å². The third kappa shape index (κ3) is 5.84. The average molecular weight is 385 g/mol. The largest absolute Gasteiger partial charge is 0.479 e. The van der Waals surface area contributed by atoms with E-state index in [2.05, 4.69) is 10.1 Å². The van der Waals surface area contributed by atoms with Crippen molar-refractivity contribution >= 4 is 23.5 Å². The van der Waals surface area contributed by atoms with Crippen molar-refractivity contribution in [1.82, 2.24) is 0 Å². The van der Waals surface area contributed by atoms with Crippen molar-refractivity contribution < 1.29 is 28.6 Å². The number of para-hydroxylation sites is 1. The van der Waals surface area contributed by atoms with Crippen LogP contribution in [0.1, 0.15) is 29.3 Å². The first kappa shape index (κ1) is 21.0. The zero-order valence-electron chi connectivity index (χ0n) is 16.1. The summed E-state index contributed by atoms with van der Waals surface area (Å²) in [7, 11) is 1.28. The summed E-state index contributed by atoms with van der Waals surface area (Å²) < 4.78 is 15.3. The molecule has 0 radical (unpaired) electrons. The fraction of sp³-hybridized carbons (Fsp3) is 0.286. The van der Waals surface area contributed by atoms with E-state index in [0.29, 0.717) is 23.4 Å². The van der Waals surface area contributed by atoms with Crippen molar-refractivity contribution in [3.63, 3.8) is 0 Å². The molecule has 0 heterocycles. The minimum absolute atomic E-state index is 0.308. The average Bonchev–Trinajstić information content (AvgIpc) is 2.72. The number of benzene rings is 2. The van der Waals surface area contributed by atoms with E-state index in [1.165, 1.54) is 13.2 Å². The molecule has 2 rings (SSSR count). The van der Waals surface area contributed by atoms with Crippen molar-refractivity contribution in [2.75, 3.05) is 19.0 Å². The van der Waals surface area contributed by atoms with Gasteiger partial charge in [0.25, 0.3) is 5.91 Å². The second kappa shape index (κ2) is 10.1. The van der Waals surface area contributed by atoms with Gasteiger partial charge in [0.15, 0.2) is 12.7 Å². The molecule has 0 aliphatic heterocycles. The van der Waals surface area contributed by atoms with Crippen LogP contribution in [0.4, 0.5) is 5.69 Å². The third-order valence-electron chi connectivity index (χ3n) is 3.93. The van der Waals surface area contributed by atoms with Crippen LogP contribution in [0.15, 0.2) is 48.5 Å². The SMILES string of the molecule is CC[C@H](Oc1ccccc1)C(=O)OCC(=O)Nc1cc(C(=O)OC)ccc1C. The molecule has 2 aromatic rings. The van der Waals surface area contributed by atoms with Crippen LogP contribution in [0.2, 0.25) is 0 Å². The van der Waals surface area contributed by atoms with E-state index in [9.17, 15) is 14.4 Å². The lowest BCUT2D eigenvalue weighted by molar-refractivity contribution is -0.154. The van der Waals surface area contributed by atoms with Crippen LogP contribution in [0, 0.1) is 6.92 Å². The van der Waals surface area contributed by atoms with Crippen molar-refractivity contribution in [1.29, 1.82) is 0 Å². The molecule has 148 valence electrons. The highest BCUT2D eigenvalue weighted by molar-refractivity contribution is 5.96. The van der Waals surface area contributed by atoms with Gasteiger partial charge in [-0.05, 0) is 43.2 Å². The molecule has 1 amide bonds. The molecule has 1 atom stereocenters. The Morgan fingerprint density at radius 2 is 1.79 bits per heavy atom. The predicted molar refractivity (Wildman–Crippen MR) is 103 cm³/mol. The molecular formula is C21H23NO6. The molecule has 0 saturated heterocycles. The molecule has 0 aromatic heterocycles. The molecule has 1 N–H and O–H groups in total. The number of anilines is 1. The second-order valence-electron chi connectivity index (χ2n) is 6.00. The highest BCUT2D eigenvalue weighted by Crippen LogP contribution is 2.18. The van der Waals surface area contributed by atoms with E-state index in [-0.39, 0.29) is 0 Å². The summed E-state index contributed by atoms with van der Waals surface area (Å²) in [6.45, 7) is 3.11. The maximum Gasteiger partial charge on any atom is 0.347 e. The molecule has 0 saturated carbocycles. The Bertz CT molecular complexity index is 834. The Hall–Kier alpha value is -3.35. The van der Waals surface area contributed by atoms with E-state index in [1.54, 1.807) is 50.2 Å². The minimum Gasteiger partial charge on any atom is -0.479 e. The number of rotatable bonds is 8. The van der Waals surface area contributed by atoms with E-state index >= 15 is 0 Å².